The van der Waals surface area contributed by atoms with Gasteiger partial charge < -0.3 is 10.1 Å². The Labute approximate surface area is 146 Å². The molecule has 0 radical (unpaired) electrons. The fraction of sp³-hybridized carbons (Fsp3) is 0.421. The van der Waals surface area contributed by atoms with Crippen LogP contribution in [0.5, 0.6) is 5.75 Å². The number of hydrogen-bond acceptors (Lipinski definition) is 5. The lowest BCUT2D eigenvalue weighted by atomic mass is 9.81. The maximum atomic E-state index is 12.8. The summed E-state index contributed by atoms with van der Waals surface area (Å²) in [6.45, 7) is 6.57. The number of rotatable bonds is 3. The van der Waals surface area contributed by atoms with Crippen LogP contribution >= 0.6 is 0 Å². The quantitative estimate of drug-likeness (QED) is 0.930. The highest BCUT2D eigenvalue weighted by Gasteiger charge is 2.38. The number of allylic oxidation sites excluding steroid dienone is 2. The van der Waals surface area contributed by atoms with Crippen LogP contribution in [0, 0.1) is 12.8 Å². The Bertz CT molecular complexity index is 851. The number of carbonyl (C=O) groups excluding carboxylic acids is 1. The van der Waals surface area contributed by atoms with Gasteiger partial charge in [-0.15, -0.1) is 0 Å². The third-order valence-electron chi connectivity index (χ3n) is 4.74. The van der Waals surface area contributed by atoms with Crippen molar-refractivity contribution >= 4 is 11.7 Å². The molecule has 0 saturated carbocycles. The molecule has 1 aromatic carbocycles. The number of hydrogen-bond donors (Lipinski definition) is 1. The summed E-state index contributed by atoms with van der Waals surface area (Å²) in [5, 5.41) is 7.87. The van der Waals surface area contributed by atoms with Crippen molar-refractivity contribution in [2.45, 2.75) is 39.7 Å². The zero-order valence-electron chi connectivity index (χ0n) is 14.7. The Morgan fingerprint density at radius 3 is 2.76 bits per heavy atom. The fourth-order valence-electron chi connectivity index (χ4n) is 3.73. The molecule has 1 N–H and O–H groups in total. The SMILES string of the molecule is CCOc1ccc([C@H]2C3=C(C[C@@H](C)CC3=O)Nc3nc(C)nn32)cc1. The molecule has 6 nitrogen and oxygen atoms in total. The van der Waals surface area contributed by atoms with Crippen molar-refractivity contribution in [3.63, 3.8) is 0 Å². The van der Waals surface area contributed by atoms with Crippen molar-refractivity contribution in [2.75, 3.05) is 11.9 Å². The predicted octanol–water partition coefficient (Wildman–Crippen LogP) is 3.25. The minimum Gasteiger partial charge on any atom is -0.494 e. The van der Waals surface area contributed by atoms with Crippen molar-refractivity contribution in [3.05, 3.63) is 46.9 Å². The molecular formula is C19H22N4O2. The van der Waals surface area contributed by atoms with E-state index in [2.05, 4.69) is 22.3 Å². The second kappa shape index (κ2) is 6.02. The number of fused-ring (bicyclic) bond motifs is 1. The molecule has 2 aliphatic rings. The Hall–Kier alpha value is -2.63. The summed E-state index contributed by atoms with van der Waals surface area (Å²) in [5.41, 5.74) is 2.83. The van der Waals surface area contributed by atoms with E-state index in [9.17, 15) is 4.79 Å². The number of nitrogens with zero attached hydrogens (tertiary/aromatic N) is 3. The second-order valence-corrected chi connectivity index (χ2v) is 6.79. The summed E-state index contributed by atoms with van der Waals surface area (Å²) >= 11 is 0. The molecule has 0 spiro atoms. The summed E-state index contributed by atoms with van der Waals surface area (Å²) in [6.07, 6.45) is 1.44. The van der Waals surface area contributed by atoms with Gasteiger partial charge in [0.1, 0.15) is 17.6 Å². The van der Waals surface area contributed by atoms with Crippen LogP contribution in [0.25, 0.3) is 0 Å². The molecule has 0 fully saturated rings. The maximum absolute atomic E-state index is 12.8. The van der Waals surface area contributed by atoms with E-state index in [0.29, 0.717) is 30.7 Å². The topological polar surface area (TPSA) is 69.0 Å². The lowest BCUT2D eigenvalue weighted by molar-refractivity contribution is -0.117. The monoisotopic (exact) mass is 338 g/mol. The third-order valence-corrected chi connectivity index (χ3v) is 4.74. The van der Waals surface area contributed by atoms with Crippen molar-refractivity contribution < 1.29 is 9.53 Å². The summed E-state index contributed by atoms with van der Waals surface area (Å²) in [4.78, 5) is 17.3. The van der Waals surface area contributed by atoms with Crippen LogP contribution in [0.2, 0.25) is 0 Å². The average Bonchev–Trinajstić information content (AvgIpc) is 2.93. The zero-order chi connectivity index (χ0) is 17.6. The molecule has 2 aromatic rings. The van der Waals surface area contributed by atoms with Gasteiger partial charge in [0.15, 0.2) is 5.78 Å². The normalized spacial score (nSPS) is 22.3. The third kappa shape index (κ3) is 2.71. The highest BCUT2D eigenvalue weighted by molar-refractivity contribution is 5.99. The first-order valence-electron chi connectivity index (χ1n) is 8.76. The smallest absolute Gasteiger partial charge is 0.226 e. The molecule has 6 heteroatoms. The minimum absolute atomic E-state index is 0.193. The maximum Gasteiger partial charge on any atom is 0.226 e. The largest absolute Gasteiger partial charge is 0.494 e. The number of nitrogens with one attached hydrogen (secondary N) is 1. The van der Waals surface area contributed by atoms with Crippen LogP contribution in [0.3, 0.4) is 0 Å². The molecule has 4 rings (SSSR count). The van der Waals surface area contributed by atoms with E-state index in [1.54, 1.807) is 0 Å². The number of aryl methyl sites for hydroxylation is 1. The lowest BCUT2D eigenvalue weighted by Crippen LogP contribution is -2.33. The summed E-state index contributed by atoms with van der Waals surface area (Å²) in [7, 11) is 0. The number of anilines is 1. The Kier molecular flexibility index (Phi) is 3.82. The second-order valence-electron chi connectivity index (χ2n) is 6.79. The van der Waals surface area contributed by atoms with Crippen molar-refractivity contribution in [3.8, 4) is 5.75 Å². The summed E-state index contributed by atoms with van der Waals surface area (Å²) in [5.74, 6) is 2.76. The van der Waals surface area contributed by atoms with E-state index < -0.39 is 0 Å². The van der Waals surface area contributed by atoms with Gasteiger partial charge in [-0.1, -0.05) is 19.1 Å². The Balaban J connectivity index is 1.83. The van der Waals surface area contributed by atoms with Crippen LogP contribution in [-0.4, -0.2) is 27.2 Å². The molecule has 130 valence electrons. The predicted molar refractivity (Wildman–Crippen MR) is 94.6 cm³/mol. The van der Waals surface area contributed by atoms with Gasteiger partial charge in [-0.3, -0.25) is 4.79 Å². The first-order valence-corrected chi connectivity index (χ1v) is 8.76. The number of aromatic nitrogens is 3. The van der Waals surface area contributed by atoms with Gasteiger partial charge >= 0.3 is 0 Å². The van der Waals surface area contributed by atoms with Crippen LogP contribution in [0.4, 0.5) is 5.95 Å². The number of benzene rings is 1. The summed E-state index contributed by atoms with van der Waals surface area (Å²) in [6, 6.07) is 7.68. The van der Waals surface area contributed by atoms with Crippen LogP contribution in [0.1, 0.15) is 44.1 Å². The highest BCUT2D eigenvalue weighted by atomic mass is 16.5. The highest BCUT2D eigenvalue weighted by Crippen LogP contribution is 2.41. The number of Topliss-reactive ketones (excluding diaryl/α,β-unsaturated/α-hetero) is 1. The first kappa shape index (κ1) is 15.9. The van der Waals surface area contributed by atoms with E-state index in [1.165, 1.54) is 0 Å². The molecule has 0 bridgehead atoms. The minimum atomic E-state index is -0.233. The van der Waals surface area contributed by atoms with E-state index in [1.807, 2.05) is 42.8 Å². The zero-order valence-corrected chi connectivity index (χ0v) is 14.7. The van der Waals surface area contributed by atoms with Gasteiger partial charge in [-0.2, -0.15) is 10.1 Å². The van der Waals surface area contributed by atoms with Gasteiger partial charge in [0.05, 0.1) is 6.61 Å². The standard InChI is InChI=1S/C19H22N4O2/c1-4-25-14-7-5-13(6-8-14)18-17-15(9-11(2)10-16(17)24)21-19-20-12(3)22-23(18)19/h5-8,11,18H,4,9-10H2,1-3H3,(H,20,21,22)/t11-,18+/m1/s1. The van der Waals surface area contributed by atoms with Gasteiger partial charge in [0.2, 0.25) is 5.95 Å². The van der Waals surface area contributed by atoms with Crippen molar-refractivity contribution in [1.29, 1.82) is 0 Å². The molecule has 0 amide bonds. The molecule has 25 heavy (non-hydrogen) atoms. The van der Waals surface area contributed by atoms with Gasteiger partial charge in [-0.05, 0) is 43.9 Å². The lowest BCUT2D eigenvalue weighted by Gasteiger charge is -2.34. The van der Waals surface area contributed by atoms with Crippen molar-refractivity contribution in [2.24, 2.45) is 5.92 Å². The molecule has 2 heterocycles. The molecule has 1 aliphatic carbocycles. The van der Waals surface area contributed by atoms with Gasteiger partial charge in [0.25, 0.3) is 0 Å². The summed E-state index contributed by atoms with van der Waals surface area (Å²) < 4.78 is 7.37. The average molecular weight is 338 g/mol. The van der Waals surface area contributed by atoms with Crippen LogP contribution < -0.4 is 10.1 Å². The van der Waals surface area contributed by atoms with E-state index in [-0.39, 0.29) is 11.8 Å². The number of carbonyl (C=O) groups is 1. The number of ketones is 1. The van der Waals surface area contributed by atoms with Gasteiger partial charge in [0, 0.05) is 17.7 Å². The van der Waals surface area contributed by atoms with E-state index in [4.69, 9.17) is 4.74 Å². The van der Waals surface area contributed by atoms with Gasteiger partial charge in [-0.25, -0.2) is 4.68 Å². The number of ether oxygens (including phenoxy) is 1. The van der Waals surface area contributed by atoms with Crippen molar-refractivity contribution in [1.82, 2.24) is 14.8 Å². The first-order chi connectivity index (χ1) is 12.1. The Morgan fingerprint density at radius 1 is 1.28 bits per heavy atom. The van der Waals surface area contributed by atoms with Crippen LogP contribution in [0.15, 0.2) is 35.5 Å². The molecular weight excluding hydrogens is 316 g/mol. The van der Waals surface area contributed by atoms with E-state index in [0.717, 1.165) is 29.0 Å². The van der Waals surface area contributed by atoms with Crippen LogP contribution in [-0.2, 0) is 4.79 Å². The Morgan fingerprint density at radius 2 is 2.04 bits per heavy atom. The molecule has 1 aliphatic heterocycles. The molecule has 0 saturated heterocycles. The molecule has 0 unspecified atom stereocenters. The molecule has 1 aromatic heterocycles. The molecule has 2 atom stereocenters. The van der Waals surface area contributed by atoms with E-state index >= 15 is 0 Å². The fourth-order valence-corrected chi connectivity index (χ4v) is 3.73.